The fourth-order valence-electron chi connectivity index (χ4n) is 2.73. The van der Waals surface area contributed by atoms with E-state index < -0.39 is 0 Å². The Hall–Kier alpha value is -1.02. The van der Waals surface area contributed by atoms with Crippen LogP contribution in [0.15, 0.2) is 24.3 Å². The SMILES string of the molecule is CC(C)CCCN1CCCC(O)c2ccccc21. The fraction of sp³-hybridized carbons (Fsp3) is 0.625. The number of anilines is 1. The van der Waals surface area contributed by atoms with Gasteiger partial charge >= 0.3 is 0 Å². The molecule has 0 fully saturated rings. The van der Waals surface area contributed by atoms with Gasteiger partial charge in [-0.2, -0.15) is 0 Å². The lowest BCUT2D eigenvalue weighted by Gasteiger charge is -2.25. The first-order valence-corrected chi connectivity index (χ1v) is 7.20. The molecule has 1 N–H and O–H groups in total. The van der Waals surface area contributed by atoms with Gasteiger partial charge < -0.3 is 10.0 Å². The highest BCUT2D eigenvalue weighted by Crippen LogP contribution is 2.32. The van der Waals surface area contributed by atoms with E-state index in [2.05, 4.69) is 36.9 Å². The minimum atomic E-state index is -0.281. The van der Waals surface area contributed by atoms with Crippen LogP contribution in [0.2, 0.25) is 0 Å². The van der Waals surface area contributed by atoms with E-state index in [1.807, 2.05) is 6.07 Å². The van der Waals surface area contributed by atoms with Crippen LogP contribution in [0.4, 0.5) is 5.69 Å². The predicted molar refractivity (Wildman–Crippen MR) is 76.9 cm³/mol. The van der Waals surface area contributed by atoms with Gasteiger partial charge in [0.25, 0.3) is 0 Å². The van der Waals surface area contributed by atoms with Gasteiger partial charge in [-0.05, 0) is 37.7 Å². The van der Waals surface area contributed by atoms with Gasteiger partial charge in [-0.25, -0.2) is 0 Å². The molecule has 18 heavy (non-hydrogen) atoms. The first kappa shape index (κ1) is 13.4. The lowest BCUT2D eigenvalue weighted by Crippen LogP contribution is -2.25. The molecule has 0 bridgehead atoms. The van der Waals surface area contributed by atoms with Crippen molar-refractivity contribution in [1.82, 2.24) is 0 Å². The smallest absolute Gasteiger partial charge is 0.0810 e. The van der Waals surface area contributed by atoms with Gasteiger partial charge in [0.15, 0.2) is 0 Å². The summed E-state index contributed by atoms with van der Waals surface area (Å²) in [7, 11) is 0. The molecule has 1 aliphatic rings. The number of hydrogen-bond acceptors (Lipinski definition) is 2. The maximum atomic E-state index is 10.1. The zero-order chi connectivity index (χ0) is 13.0. The highest BCUT2D eigenvalue weighted by Gasteiger charge is 2.20. The quantitative estimate of drug-likeness (QED) is 0.875. The van der Waals surface area contributed by atoms with Gasteiger partial charge in [-0.1, -0.05) is 32.0 Å². The summed E-state index contributed by atoms with van der Waals surface area (Å²) in [5.41, 5.74) is 2.35. The van der Waals surface area contributed by atoms with Crippen molar-refractivity contribution >= 4 is 5.69 Å². The van der Waals surface area contributed by atoms with Gasteiger partial charge in [0.05, 0.1) is 6.10 Å². The number of para-hydroxylation sites is 1. The second kappa shape index (κ2) is 6.24. The first-order chi connectivity index (χ1) is 8.68. The van der Waals surface area contributed by atoms with E-state index in [1.165, 1.54) is 18.5 Å². The van der Waals surface area contributed by atoms with Crippen LogP contribution in [0.5, 0.6) is 0 Å². The Morgan fingerprint density at radius 3 is 2.89 bits per heavy atom. The normalized spacial score (nSPS) is 19.8. The van der Waals surface area contributed by atoms with E-state index in [0.717, 1.165) is 37.4 Å². The van der Waals surface area contributed by atoms with Crippen molar-refractivity contribution in [1.29, 1.82) is 0 Å². The van der Waals surface area contributed by atoms with Crippen molar-refractivity contribution in [3.63, 3.8) is 0 Å². The van der Waals surface area contributed by atoms with E-state index in [4.69, 9.17) is 0 Å². The molecule has 0 amide bonds. The number of benzene rings is 1. The van der Waals surface area contributed by atoms with Crippen LogP contribution in [0.1, 0.15) is 51.2 Å². The van der Waals surface area contributed by atoms with Crippen LogP contribution in [-0.4, -0.2) is 18.2 Å². The average molecular weight is 247 g/mol. The Balaban J connectivity index is 2.08. The third-order valence-electron chi connectivity index (χ3n) is 3.75. The second-order valence-corrected chi connectivity index (χ2v) is 5.74. The molecule has 0 aliphatic carbocycles. The maximum Gasteiger partial charge on any atom is 0.0810 e. The minimum Gasteiger partial charge on any atom is -0.388 e. The van der Waals surface area contributed by atoms with Gasteiger partial charge in [0.1, 0.15) is 0 Å². The molecule has 0 saturated heterocycles. The molecule has 2 nitrogen and oxygen atoms in total. The summed E-state index contributed by atoms with van der Waals surface area (Å²) in [5, 5.41) is 10.1. The number of fused-ring (bicyclic) bond motifs is 1. The number of aliphatic hydroxyl groups is 1. The molecular weight excluding hydrogens is 222 g/mol. The third kappa shape index (κ3) is 3.26. The van der Waals surface area contributed by atoms with Gasteiger partial charge in [0.2, 0.25) is 0 Å². The van der Waals surface area contributed by atoms with Gasteiger partial charge in [0, 0.05) is 24.3 Å². The maximum absolute atomic E-state index is 10.1. The van der Waals surface area contributed by atoms with Crippen molar-refractivity contribution in [2.75, 3.05) is 18.0 Å². The zero-order valence-electron chi connectivity index (χ0n) is 11.6. The molecule has 1 aliphatic heterocycles. The van der Waals surface area contributed by atoms with Crippen LogP contribution >= 0.6 is 0 Å². The van der Waals surface area contributed by atoms with Crippen molar-refractivity contribution < 1.29 is 5.11 Å². The summed E-state index contributed by atoms with van der Waals surface area (Å²) in [6.45, 7) is 6.74. The summed E-state index contributed by atoms with van der Waals surface area (Å²) in [6, 6.07) is 8.33. The van der Waals surface area contributed by atoms with Crippen molar-refractivity contribution in [3.8, 4) is 0 Å². The summed E-state index contributed by atoms with van der Waals surface area (Å²) in [4.78, 5) is 2.45. The van der Waals surface area contributed by atoms with Crippen molar-refractivity contribution in [2.24, 2.45) is 5.92 Å². The van der Waals surface area contributed by atoms with Crippen LogP contribution < -0.4 is 4.90 Å². The number of aliphatic hydroxyl groups excluding tert-OH is 1. The highest BCUT2D eigenvalue weighted by atomic mass is 16.3. The molecule has 1 atom stereocenters. The molecule has 100 valence electrons. The topological polar surface area (TPSA) is 23.5 Å². The predicted octanol–water partition coefficient (Wildman–Crippen LogP) is 3.76. The summed E-state index contributed by atoms with van der Waals surface area (Å²) < 4.78 is 0. The Labute approximate surface area is 111 Å². The summed E-state index contributed by atoms with van der Waals surface area (Å²) in [6.07, 6.45) is 4.20. The Kier molecular flexibility index (Phi) is 4.65. The molecular formula is C16H25NO. The molecule has 1 unspecified atom stereocenters. The molecule has 2 rings (SSSR count). The van der Waals surface area contributed by atoms with E-state index in [1.54, 1.807) is 0 Å². The van der Waals surface area contributed by atoms with Crippen LogP contribution in [-0.2, 0) is 0 Å². The van der Waals surface area contributed by atoms with E-state index >= 15 is 0 Å². The van der Waals surface area contributed by atoms with E-state index in [0.29, 0.717) is 0 Å². The molecule has 0 radical (unpaired) electrons. The van der Waals surface area contributed by atoms with Gasteiger partial charge in [-0.3, -0.25) is 0 Å². The van der Waals surface area contributed by atoms with Crippen LogP contribution in [0.25, 0.3) is 0 Å². The molecule has 1 heterocycles. The van der Waals surface area contributed by atoms with Crippen LogP contribution in [0.3, 0.4) is 0 Å². The lowest BCUT2D eigenvalue weighted by atomic mass is 10.0. The zero-order valence-corrected chi connectivity index (χ0v) is 11.6. The molecule has 1 aromatic rings. The summed E-state index contributed by atoms with van der Waals surface area (Å²) in [5.74, 6) is 0.776. The lowest BCUT2D eigenvalue weighted by molar-refractivity contribution is 0.168. The number of rotatable bonds is 4. The van der Waals surface area contributed by atoms with Crippen LogP contribution in [0, 0.1) is 5.92 Å². The van der Waals surface area contributed by atoms with Gasteiger partial charge in [-0.15, -0.1) is 0 Å². The Morgan fingerprint density at radius 2 is 2.11 bits per heavy atom. The highest BCUT2D eigenvalue weighted by molar-refractivity contribution is 5.55. The Bertz CT molecular complexity index is 375. The Morgan fingerprint density at radius 1 is 1.33 bits per heavy atom. The average Bonchev–Trinajstić information content (AvgIpc) is 2.50. The molecule has 1 aromatic carbocycles. The fourth-order valence-corrected chi connectivity index (χ4v) is 2.73. The van der Waals surface area contributed by atoms with E-state index in [-0.39, 0.29) is 6.10 Å². The summed E-state index contributed by atoms with van der Waals surface area (Å²) >= 11 is 0. The number of hydrogen-bond donors (Lipinski definition) is 1. The van der Waals surface area contributed by atoms with E-state index in [9.17, 15) is 5.11 Å². The van der Waals surface area contributed by atoms with Crippen molar-refractivity contribution in [3.05, 3.63) is 29.8 Å². The second-order valence-electron chi connectivity index (χ2n) is 5.74. The van der Waals surface area contributed by atoms with Crippen molar-refractivity contribution in [2.45, 2.75) is 45.6 Å². The molecule has 0 aromatic heterocycles. The molecule has 0 spiro atoms. The first-order valence-electron chi connectivity index (χ1n) is 7.20. The molecule has 0 saturated carbocycles. The third-order valence-corrected chi connectivity index (χ3v) is 3.75. The monoisotopic (exact) mass is 247 g/mol. The number of nitrogens with zero attached hydrogens (tertiary/aromatic N) is 1. The molecule has 2 heteroatoms. The largest absolute Gasteiger partial charge is 0.388 e. The minimum absolute atomic E-state index is 0.281. The standard InChI is InChI=1S/C16H25NO/c1-13(2)7-5-11-17-12-6-10-16(18)14-8-3-4-9-15(14)17/h3-4,8-9,13,16,18H,5-7,10-12H2,1-2H3.